The van der Waals surface area contributed by atoms with E-state index in [9.17, 15) is 13.2 Å². The van der Waals surface area contributed by atoms with E-state index in [1.54, 1.807) is 32.0 Å². The molecule has 1 rings (SSSR count). The summed E-state index contributed by atoms with van der Waals surface area (Å²) in [6, 6.07) is 4.14. The topological polar surface area (TPSA) is 66.5 Å². The highest BCUT2D eigenvalue weighted by atomic mass is 35.5. The van der Waals surface area contributed by atoms with Crippen molar-refractivity contribution >= 4 is 33.2 Å². The van der Waals surface area contributed by atoms with Crippen LogP contribution in [0.25, 0.3) is 0 Å². The second-order valence-electron chi connectivity index (χ2n) is 6.14. The first-order chi connectivity index (χ1) is 10.5. The number of hydrogen-bond acceptors (Lipinski definition) is 3. The van der Waals surface area contributed by atoms with Gasteiger partial charge in [-0.05, 0) is 43.9 Å². The summed E-state index contributed by atoms with van der Waals surface area (Å²) < 4.78 is 25.6. The van der Waals surface area contributed by atoms with E-state index in [4.69, 9.17) is 11.6 Å². The fraction of sp³-hybridized carbons (Fsp3) is 0.562. The number of nitrogens with zero attached hydrogens (tertiary/aromatic N) is 1. The van der Waals surface area contributed by atoms with Gasteiger partial charge in [-0.2, -0.15) is 0 Å². The minimum atomic E-state index is -3.63. The molecule has 0 fully saturated rings. The lowest BCUT2D eigenvalue weighted by Crippen LogP contribution is -2.48. The number of carbonyl (C=O) groups excluding carboxylic acids is 1. The van der Waals surface area contributed by atoms with Crippen molar-refractivity contribution in [3.63, 3.8) is 0 Å². The van der Waals surface area contributed by atoms with Gasteiger partial charge >= 0.3 is 0 Å². The molecule has 0 bridgehead atoms. The fourth-order valence-electron chi connectivity index (χ4n) is 2.23. The van der Waals surface area contributed by atoms with Crippen LogP contribution in [-0.4, -0.2) is 33.2 Å². The monoisotopic (exact) mass is 360 g/mol. The van der Waals surface area contributed by atoms with Crippen LogP contribution in [0.5, 0.6) is 0 Å². The smallest absolute Gasteiger partial charge is 0.243 e. The molecule has 0 saturated heterocycles. The SMILES string of the molecule is Cc1ccc(Cl)cc1N([C@H](C)C(=O)NCCC(C)C)S(C)(=O)=O. The lowest BCUT2D eigenvalue weighted by molar-refractivity contribution is -0.121. The molecule has 0 aliphatic rings. The number of sulfonamides is 1. The minimum Gasteiger partial charge on any atom is -0.354 e. The second-order valence-corrected chi connectivity index (χ2v) is 8.44. The van der Waals surface area contributed by atoms with Crippen LogP contribution in [0, 0.1) is 12.8 Å². The number of carbonyl (C=O) groups is 1. The average molecular weight is 361 g/mol. The van der Waals surface area contributed by atoms with Crippen LogP contribution in [0.2, 0.25) is 5.02 Å². The molecule has 0 aliphatic carbocycles. The highest BCUT2D eigenvalue weighted by Gasteiger charge is 2.30. The van der Waals surface area contributed by atoms with E-state index in [0.29, 0.717) is 23.2 Å². The van der Waals surface area contributed by atoms with Crippen molar-refractivity contribution in [2.24, 2.45) is 5.92 Å². The summed E-state index contributed by atoms with van der Waals surface area (Å²) in [5.74, 6) is 0.141. The van der Waals surface area contributed by atoms with Crippen LogP contribution >= 0.6 is 11.6 Å². The van der Waals surface area contributed by atoms with Crippen LogP contribution in [0.15, 0.2) is 18.2 Å². The van der Waals surface area contributed by atoms with Gasteiger partial charge in [0.15, 0.2) is 0 Å². The van der Waals surface area contributed by atoms with Gasteiger partial charge in [0.1, 0.15) is 6.04 Å². The van der Waals surface area contributed by atoms with Crippen molar-refractivity contribution < 1.29 is 13.2 Å². The Morgan fingerprint density at radius 2 is 1.91 bits per heavy atom. The molecule has 0 spiro atoms. The molecule has 0 saturated carbocycles. The zero-order valence-corrected chi connectivity index (χ0v) is 15.8. The van der Waals surface area contributed by atoms with E-state index < -0.39 is 16.1 Å². The first-order valence-corrected chi connectivity index (χ1v) is 9.80. The van der Waals surface area contributed by atoms with Gasteiger partial charge < -0.3 is 5.32 Å². The van der Waals surface area contributed by atoms with Crippen LogP contribution in [0.4, 0.5) is 5.69 Å². The highest BCUT2D eigenvalue weighted by Crippen LogP contribution is 2.28. The highest BCUT2D eigenvalue weighted by molar-refractivity contribution is 7.92. The summed E-state index contributed by atoms with van der Waals surface area (Å²) in [6.07, 6.45) is 1.93. The summed E-state index contributed by atoms with van der Waals surface area (Å²) in [5, 5.41) is 3.21. The molecule has 1 aromatic rings. The van der Waals surface area contributed by atoms with Gasteiger partial charge in [-0.25, -0.2) is 8.42 Å². The molecule has 0 heterocycles. The van der Waals surface area contributed by atoms with E-state index in [0.717, 1.165) is 22.5 Å². The molecular formula is C16H25ClN2O3S. The third-order valence-electron chi connectivity index (χ3n) is 3.52. The summed E-state index contributed by atoms with van der Waals surface area (Å²) in [6.45, 7) is 8.01. The number of aryl methyl sites for hydroxylation is 1. The molecule has 1 N–H and O–H groups in total. The third kappa shape index (κ3) is 5.70. The average Bonchev–Trinajstić information content (AvgIpc) is 2.40. The Kier molecular flexibility index (Phi) is 6.89. The number of amides is 1. The fourth-order valence-corrected chi connectivity index (χ4v) is 3.62. The summed E-state index contributed by atoms with van der Waals surface area (Å²) in [7, 11) is -3.63. The quantitative estimate of drug-likeness (QED) is 0.812. The van der Waals surface area contributed by atoms with E-state index in [1.807, 2.05) is 0 Å². The molecule has 0 aliphatic heterocycles. The van der Waals surface area contributed by atoms with Crippen LogP contribution in [0.3, 0.4) is 0 Å². The largest absolute Gasteiger partial charge is 0.354 e. The van der Waals surface area contributed by atoms with Crippen molar-refractivity contribution in [3.8, 4) is 0 Å². The lowest BCUT2D eigenvalue weighted by Gasteiger charge is -2.29. The summed E-state index contributed by atoms with van der Waals surface area (Å²) in [4.78, 5) is 12.3. The Hall–Kier alpha value is -1.27. The van der Waals surface area contributed by atoms with Crippen molar-refractivity contribution in [1.29, 1.82) is 0 Å². The van der Waals surface area contributed by atoms with Crippen molar-refractivity contribution in [1.82, 2.24) is 5.32 Å². The Morgan fingerprint density at radius 1 is 1.30 bits per heavy atom. The maximum absolute atomic E-state index is 12.3. The van der Waals surface area contributed by atoms with Gasteiger partial charge in [-0.15, -0.1) is 0 Å². The molecule has 1 aromatic carbocycles. The molecule has 1 amide bonds. The van der Waals surface area contributed by atoms with Crippen molar-refractivity contribution in [3.05, 3.63) is 28.8 Å². The first-order valence-electron chi connectivity index (χ1n) is 7.57. The zero-order valence-electron chi connectivity index (χ0n) is 14.3. The van der Waals surface area contributed by atoms with E-state index >= 15 is 0 Å². The Balaban J connectivity index is 3.08. The van der Waals surface area contributed by atoms with Gasteiger partial charge in [0.2, 0.25) is 15.9 Å². The third-order valence-corrected chi connectivity index (χ3v) is 4.98. The molecule has 7 heteroatoms. The molecule has 23 heavy (non-hydrogen) atoms. The predicted octanol–water partition coefficient (Wildman–Crippen LogP) is 2.97. The molecule has 1 atom stereocenters. The number of benzene rings is 1. The zero-order chi connectivity index (χ0) is 17.8. The number of halogens is 1. The standard InChI is InChI=1S/C16H25ClN2O3S/c1-11(2)8-9-18-16(20)13(4)19(23(5,21)22)15-10-14(17)7-6-12(15)3/h6-7,10-11,13H,8-9H2,1-5H3,(H,18,20)/t13-/m1/s1. The van der Waals surface area contributed by atoms with E-state index in [1.165, 1.54) is 0 Å². The normalized spacial score (nSPS) is 13.0. The Morgan fingerprint density at radius 3 is 2.43 bits per heavy atom. The van der Waals surface area contributed by atoms with E-state index in [-0.39, 0.29) is 5.91 Å². The van der Waals surface area contributed by atoms with Gasteiger partial charge in [0.25, 0.3) is 0 Å². The van der Waals surface area contributed by atoms with Crippen LogP contribution < -0.4 is 9.62 Å². The number of nitrogens with one attached hydrogen (secondary N) is 1. The molecule has 0 radical (unpaired) electrons. The van der Waals surface area contributed by atoms with Gasteiger partial charge in [-0.1, -0.05) is 31.5 Å². The number of anilines is 1. The molecule has 5 nitrogen and oxygen atoms in total. The van der Waals surface area contributed by atoms with Crippen LogP contribution in [-0.2, 0) is 14.8 Å². The summed E-state index contributed by atoms with van der Waals surface area (Å²) >= 11 is 5.99. The second kappa shape index (κ2) is 8.02. The van der Waals surface area contributed by atoms with Gasteiger partial charge in [0.05, 0.1) is 11.9 Å². The molecule has 0 unspecified atom stereocenters. The van der Waals surface area contributed by atoms with E-state index in [2.05, 4.69) is 19.2 Å². The Labute approximate surface area is 144 Å². The molecular weight excluding hydrogens is 336 g/mol. The maximum atomic E-state index is 12.3. The Bertz CT molecular complexity index is 659. The molecule has 0 aromatic heterocycles. The minimum absolute atomic E-state index is 0.324. The molecule has 130 valence electrons. The first kappa shape index (κ1) is 19.8. The van der Waals surface area contributed by atoms with Crippen molar-refractivity contribution in [2.75, 3.05) is 17.1 Å². The van der Waals surface area contributed by atoms with Gasteiger partial charge in [0, 0.05) is 11.6 Å². The predicted molar refractivity (Wildman–Crippen MR) is 95.4 cm³/mol. The van der Waals surface area contributed by atoms with Gasteiger partial charge in [-0.3, -0.25) is 9.10 Å². The maximum Gasteiger partial charge on any atom is 0.243 e. The van der Waals surface area contributed by atoms with Crippen LogP contribution in [0.1, 0.15) is 32.8 Å². The number of rotatable bonds is 7. The number of hydrogen-bond donors (Lipinski definition) is 1. The summed E-state index contributed by atoms with van der Waals surface area (Å²) in [5.41, 5.74) is 1.16. The van der Waals surface area contributed by atoms with Crippen molar-refractivity contribution in [2.45, 2.75) is 40.2 Å². The lowest BCUT2D eigenvalue weighted by atomic mass is 10.1.